The molecule has 0 aliphatic heterocycles. The van der Waals surface area contributed by atoms with Crippen molar-refractivity contribution in [1.29, 1.82) is 0 Å². The minimum absolute atomic E-state index is 0.117. The van der Waals surface area contributed by atoms with Gasteiger partial charge in [-0.2, -0.15) is 5.10 Å². The number of hydrogen-bond donors (Lipinski definition) is 3. The molecule has 0 atom stereocenters. The molecule has 0 fully saturated rings. The summed E-state index contributed by atoms with van der Waals surface area (Å²) in [7, 11) is 1.47. The number of anilines is 1. The van der Waals surface area contributed by atoms with E-state index in [0.29, 0.717) is 42.3 Å². The first-order chi connectivity index (χ1) is 16.8. The lowest BCUT2D eigenvalue weighted by atomic mass is 10.2. The Balaban J connectivity index is 1.80. The zero-order valence-corrected chi connectivity index (χ0v) is 20.4. The van der Waals surface area contributed by atoms with Crippen LogP contribution in [0.2, 0.25) is 0 Å². The maximum atomic E-state index is 12.1. The van der Waals surface area contributed by atoms with Gasteiger partial charge < -0.3 is 24.8 Å². The molecule has 0 heterocycles. The Kier molecular flexibility index (Phi) is 11.2. The van der Waals surface area contributed by atoms with Crippen molar-refractivity contribution in [3.63, 3.8) is 0 Å². The Bertz CT molecular complexity index is 1020. The van der Waals surface area contributed by atoms with Gasteiger partial charge in [0.2, 0.25) is 0 Å². The van der Waals surface area contributed by atoms with Crippen molar-refractivity contribution in [3.8, 4) is 11.5 Å². The van der Waals surface area contributed by atoms with Crippen LogP contribution in [0.25, 0.3) is 0 Å². The number of methoxy groups -OCH3 is 1. The van der Waals surface area contributed by atoms with E-state index in [1.807, 2.05) is 45.0 Å². The minimum Gasteiger partial charge on any atom is -0.493 e. The minimum atomic E-state index is -0.877. The molecule has 0 radical (unpaired) electrons. The zero-order valence-electron chi connectivity index (χ0n) is 20.4. The fourth-order valence-electron chi connectivity index (χ4n) is 2.75. The average molecular weight is 485 g/mol. The molecule has 0 saturated carbocycles. The molecule has 2 aromatic rings. The van der Waals surface area contributed by atoms with Crippen LogP contribution >= 0.6 is 0 Å². The van der Waals surface area contributed by atoms with Gasteiger partial charge in [-0.3, -0.25) is 14.4 Å². The van der Waals surface area contributed by atoms with E-state index in [9.17, 15) is 14.4 Å². The first-order valence-corrected chi connectivity index (χ1v) is 11.2. The highest BCUT2D eigenvalue weighted by molar-refractivity contribution is 6.35. The van der Waals surface area contributed by atoms with Gasteiger partial charge in [-0.25, -0.2) is 5.43 Å². The summed E-state index contributed by atoms with van der Waals surface area (Å²) >= 11 is 0. The summed E-state index contributed by atoms with van der Waals surface area (Å²) in [4.78, 5) is 35.8. The van der Waals surface area contributed by atoms with Gasteiger partial charge in [-0.1, -0.05) is 17.7 Å². The third-order valence-electron chi connectivity index (χ3n) is 4.53. The van der Waals surface area contributed by atoms with Crippen molar-refractivity contribution in [3.05, 3.63) is 53.6 Å². The lowest BCUT2D eigenvalue weighted by Gasteiger charge is -2.11. The topological polar surface area (TPSA) is 127 Å². The predicted molar refractivity (Wildman–Crippen MR) is 133 cm³/mol. The van der Waals surface area contributed by atoms with Crippen molar-refractivity contribution >= 4 is 29.6 Å². The highest BCUT2D eigenvalue weighted by Gasteiger charge is 2.12. The van der Waals surface area contributed by atoms with Crippen LogP contribution in [-0.2, 0) is 19.1 Å². The third-order valence-corrected chi connectivity index (χ3v) is 4.53. The number of hydrogen-bond acceptors (Lipinski definition) is 7. The molecular formula is C25H32N4O6. The molecule has 0 saturated heterocycles. The SMILES string of the molecule is COc1cc(/C=N\NC(=O)C(=O)NCCCOC(C)C)ccc1OCC(=O)Nc1ccc(C)cc1. The summed E-state index contributed by atoms with van der Waals surface area (Å²) in [5.41, 5.74) is 4.53. The number of hydrazone groups is 1. The lowest BCUT2D eigenvalue weighted by Crippen LogP contribution is -2.38. The fourth-order valence-corrected chi connectivity index (χ4v) is 2.75. The van der Waals surface area contributed by atoms with Crippen LogP contribution < -0.4 is 25.5 Å². The zero-order chi connectivity index (χ0) is 25.6. The first kappa shape index (κ1) is 27.3. The molecule has 3 N–H and O–H groups in total. The second-order valence-electron chi connectivity index (χ2n) is 7.84. The number of carbonyl (C=O) groups excluding carboxylic acids is 3. The van der Waals surface area contributed by atoms with Crippen LogP contribution in [0, 0.1) is 6.92 Å². The van der Waals surface area contributed by atoms with Crippen LogP contribution in [0.4, 0.5) is 5.69 Å². The summed E-state index contributed by atoms with van der Waals surface area (Å²) in [5.74, 6) is -1.22. The van der Waals surface area contributed by atoms with E-state index in [-0.39, 0.29) is 18.6 Å². The summed E-state index contributed by atoms with van der Waals surface area (Å²) in [6.07, 6.45) is 2.08. The Labute approximate surface area is 205 Å². The molecule has 35 heavy (non-hydrogen) atoms. The molecule has 188 valence electrons. The number of rotatable bonds is 12. The van der Waals surface area contributed by atoms with Crippen LogP contribution in [0.5, 0.6) is 11.5 Å². The van der Waals surface area contributed by atoms with Crippen LogP contribution in [0.3, 0.4) is 0 Å². The van der Waals surface area contributed by atoms with Crippen LogP contribution in [-0.4, -0.2) is 56.9 Å². The van der Waals surface area contributed by atoms with E-state index in [2.05, 4.69) is 21.2 Å². The molecule has 2 rings (SSSR count). The largest absolute Gasteiger partial charge is 0.493 e. The van der Waals surface area contributed by atoms with Crippen molar-refractivity contribution in [2.24, 2.45) is 5.10 Å². The Hall–Kier alpha value is -3.92. The molecule has 0 spiro atoms. The van der Waals surface area contributed by atoms with Crippen molar-refractivity contribution in [1.82, 2.24) is 10.7 Å². The average Bonchev–Trinajstić information content (AvgIpc) is 2.83. The molecular weight excluding hydrogens is 452 g/mol. The summed E-state index contributed by atoms with van der Waals surface area (Å²) in [5, 5.41) is 9.04. The quantitative estimate of drug-likeness (QED) is 0.184. The van der Waals surface area contributed by atoms with Gasteiger partial charge in [0.15, 0.2) is 18.1 Å². The van der Waals surface area contributed by atoms with E-state index in [4.69, 9.17) is 14.2 Å². The normalized spacial score (nSPS) is 10.8. The van der Waals surface area contributed by atoms with Crippen molar-refractivity contribution in [2.45, 2.75) is 33.3 Å². The van der Waals surface area contributed by atoms with Crippen molar-refractivity contribution in [2.75, 3.05) is 32.2 Å². The number of ether oxygens (including phenoxy) is 3. The van der Waals surface area contributed by atoms with Gasteiger partial charge in [0, 0.05) is 18.8 Å². The number of carbonyl (C=O) groups is 3. The summed E-state index contributed by atoms with van der Waals surface area (Å²) in [6, 6.07) is 12.3. The first-order valence-electron chi connectivity index (χ1n) is 11.2. The van der Waals surface area contributed by atoms with Gasteiger partial charge in [-0.15, -0.1) is 0 Å². The standard InChI is InChI=1S/C25H32N4O6/c1-17(2)34-13-5-12-26-24(31)25(32)29-27-15-19-8-11-21(22(14-19)33-4)35-16-23(30)28-20-9-6-18(3)7-10-20/h6-11,14-15,17H,5,12-13,16H2,1-4H3,(H,26,31)(H,28,30)(H,29,32)/b27-15-. The van der Waals surface area contributed by atoms with E-state index in [1.165, 1.54) is 13.3 Å². The molecule has 0 aliphatic rings. The van der Waals surface area contributed by atoms with E-state index in [0.717, 1.165) is 5.56 Å². The molecule has 10 heteroatoms. The highest BCUT2D eigenvalue weighted by Crippen LogP contribution is 2.27. The molecule has 3 amide bonds. The van der Waals surface area contributed by atoms with Crippen molar-refractivity contribution < 1.29 is 28.6 Å². The van der Waals surface area contributed by atoms with Gasteiger partial charge in [0.25, 0.3) is 5.91 Å². The molecule has 2 aromatic carbocycles. The Morgan fingerprint density at radius 2 is 1.77 bits per heavy atom. The molecule has 0 aromatic heterocycles. The predicted octanol–water partition coefficient (Wildman–Crippen LogP) is 2.40. The molecule has 0 bridgehead atoms. The number of nitrogens with zero attached hydrogens (tertiary/aromatic N) is 1. The van der Waals surface area contributed by atoms with E-state index >= 15 is 0 Å². The Morgan fingerprint density at radius 1 is 1.03 bits per heavy atom. The molecule has 0 unspecified atom stereocenters. The van der Waals surface area contributed by atoms with Gasteiger partial charge in [0.05, 0.1) is 19.4 Å². The summed E-state index contributed by atoms with van der Waals surface area (Å²) < 4.78 is 16.2. The fraction of sp³-hybridized carbons (Fsp3) is 0.360. The third kappa shape index (κ3) is 10.3. The van der Waals surface area contributed by atoms with Crippen LogP contribution in [0.1, 0.15) is 31.4 Å². The van der Waals surface area contributed by atoms with Crippen LogP contribution in [0.15, 0.2) is 47.6 Å². The van der Waals surface area contributed by atoms with Gasteiger partial charge in [0.1, 0.15) is 0 Å². The second-order valence-corrected chi connectivity index (χ2v) is 7.84. The van der Waals surface area contributed by atoms with E-state index < -0.39 is 11.8 Å². The number of amides is 3. The lowest BCUT2D eigenvalue weighted by molar-refractivity contribution is -0.139. The van der Waals surface area contributed by atoms with Gasteiger partial charge in [-0.05, 0) is 63.1 Å². The maximum absolute atomic E-state index is 12.1. The van der Waals surface area contributed by atoms with E-state index in [1.54, 1.807) is 18.2 Å². The van der Waals surface area contributed by atoms with Gasteiger partial charge >= 0.3 is 11.8 Å². The maximum Gasteiger partial charge on any atom is 0.329 e. The molecule has 0 aliphatic carbocycles. The monoisotopic (exact) mass is 484 g/mol. The Morgan fingerprint density at radius 3 is 2.46 bits per heavy atom. The number of aryl methyl sites for hydroxylation is 1. The number of nitrogens with one attached hydrogen (secondary N) is 3. The second kappa shape index (κ2) is 14.4. The highest BCUT2D eigenvalue weighted by atomic mass is 16.5. The number of benzene rings is 2. The summed E-state index contributed by atoms with van der Waals surface area (Å²) in [6.45, 7) is 6.43. The smallest absolute Gasteiger partial charge is 0.329 e. The molecule has 10 nitrogen and oxygen atoms in total.